The maximum absolute atomic E-state index is 9.70. The van der Waals surface area contributed by atoms with E-state index in [1.165, 1.54) is 0 Å². The van der Waals surface area contributed by atoms with Gasteiger partial charge in [-0.2, -0.15) is 9.97 Å². The summed E-state index contributed by atoms with van der Waals surface area (Å²) in [5.41, 5.74) is 2.36. The molecule has 28 heavy (non-hydrogen) atoms. The number of imidazole rings is 1. The van der Waals surface area contributed by atoms with Crippen LogP contribution in [0.15, 0.2) is 30.6 Å². The van der Waals surface area contributed by atoms with E-state index in [1.807, 2.05) is 54.6 Å². The van der Waals surface area contributed by atoms with Crippen molar-refractivity contribution in [2.75, 3.05) is 23.9 Å². The van der Waals surface area contributed by atoms with Gasteiger partial charge in [0.2, 0.25) is 5.95 Å². The predicted octanol–water partition coefficient (Wildman–Crippen LogP) is 4.26. The van der Waals surface area contributed by atoms with Gasteiger partial charge in [0.1, 0.15) is 0 Å². The Morgan fingerprint density at radius 1 is 1.21 bits per heavy atom. The van der Waals surface area contributed by atoms with Crippen LogP contribution in [-0.2, 0) is 0 Å². The molecular weight excluding hydrogens is 376 g/mol. The average molecular weight is 403 g/mol. The fourth-order valence-corrected chi connectivity index (χ4v) is 3.16. The Balaban J connectivity index is 2.14. The molecule has 7 nitrogen and oxygen atoms in total. The van der Waals surface area contributed by atoms with E-state index in [-0.39, 0.29) is 24.6 Å². The third-order valence-corrected chi connectivity index (χ3v) is 5.02. The van der Waals surface area contributed by atoms with Crippen LogP contribution in [0.4, 0.5) is 17.5 Å². The van der Waals surface area contributed by atoms with Crippen molar-refractivity contribution in [2.45, 2.75) is 39.8 Å². The lowest BCUT2D eigenvalue weighted by Crippen LogP contribution is -2.30. The topological polar surface area (TPSA) is 79.1 Å². The van der Waals surface area contributed by atoms with E-state index in [4.69, 9.17) is 21.6 Å². The summed E-state index contributed by atoms with van der Waals surface area (Å²) in [4.78, 5) is 15.9. The Kier molecular flexibility index (Phi) is 6.05. The summed E-state index contributed by atoms with van der Waals surface area (Å²) in [5.74, 6) is 1.37. The Morgan fingerprint density at radius 3 is 2.57 bits per heavy atom. The number of hydrogen-bond donors (Lipinski definition) is 2. The van der Waals surface area contributed by atoms with Crippen LogP contribution in [0.3, 0.4) is 0 Å². The van der Waals surface area contributed by atoms with Crippen molar-refractivity contribution >= 4 is 40.2 Å². The molecule has 0 aliphatic heterocycles. The summed E-state index contributed by atoms with van der Waals surface area (Å²) >= 11 is 6.17. The highest BCUT2D eigenvalue weighted by molar-refractivity contribution is 6.30. The van der Waals surface area contributed by atoms with Crippen LogP contribution in [0.25, 0.3) is 11.2 Å². The number of aliphatic hydroxyl groups is 1. The summed E-state index contributed by atoms with van der Waals surface area (Å²) < 4.78 is 2.01. The number of aliphatic hydroxyl groups excluding tert-OH is 1. The number of anilines is 3. The number of fused-ring (bicyclic) bond motifs is 1. The maximum atomic E-state index is 9.70. The zero-order valence-corrected chi connectivity index (χ0v) is 17.6. The molecule has 8 heteroatoms. The second-order valence-corrected chi connectivity index (χ2v) is 7.94. The highest BCUT2D eigenvalue weighted by atomic mass is 35.5. The zero-order chi connectivity index (χ0) is 20.4. The molecule has 1 unspecified atom stereocenters. The molecule has 150 valence electrons. The average Bonchev–Trinajstić information content (AvgIpc) is 3.08. The van der Waals surface area contributed by atoms with E-state index >= 15 is 0 Å². The van der Waals surface area contributed by atoms with Crippen LogP contribution < -0.4 is 10.2 Å². The Labute approximate surface area is 170 Å². The monoisotopic (exact) mass is 402 g/mol. The summed E-state index contributed by atoms with van der Waals surface area (Å²) in [5, 5.41) is 13.6. The van der Waals surface area contributed by atoms with Crippen molar-refractivity contribution in [1.29, 1.82) is 0 Å². The molecule has 0 fully saturated rings. The number of hydrogen-bond acceptors (Lipinski definition) is 6. The van der Waals surface area contributed by atoms with Crippen LogP contribution in [0.5, 0.6) is 0 Å². The number of benzene rings is 1. The Bertz CT molecular complexity index is 955. The molecule has 0 amide bonds. The molecule has 0 saturated carbocycles. The fourth-order valence-electron chi connectivity index (χ4n) is 2.97. The number of halogens is 1. The van der Waals surface area contributed by atoms with Gasteiger partial charge in [-0.1, -0.05) is 31.5 Å². The first-order valence-corrected chi connectivity index (χ1v) is 9.80. The highest BCUT2D eigenvalue weighted by Gasteiger charge is 2.21. The lowest BCUT2D eigenvalue weighted by atomic mass is 10.1. The second-order valence-electron chi connectivity index (χ2n) is 7.50. The minimum atomic E-state index is -0.141. The maximum Gasteiger partial charge on any atom is 0.227 e. The molecule has 2 aromatic heterocycles. The number of rotatable bonds is 7. The number of aromatic nitrogens is 4. The van der Waals surface area contributed by atoms with Gasteiger partial charge in [0.25, 0.3) is 0 Å². The largest absolute Gasteiger partial charge is 0.394 e. The molecule has 0 aliphatic carbocycles. The molecule has 0 bridgehead atoms. The van der Waals surface area contributed by atoms with Crippen molar-refractivity contribution in [3.8, 4) is 0 Å². The molecule has 0 spiro atoms. The molecular formula is C20H27ClN6O. The third-order valence-electron chi connectivity index (χ3n) is 4.79. The lowest BCUT2D eigenvalue weighted by Gasteiger charge is -2.23. The molecule has 0 aliphatic rings. The number of nitrogens with zero attached hydrogens (tertiary/aromatic N) is 5. The normalized spacial score (nSPS) is 12.8. The van der Waals surface area contributed by atoms with Crippen LogP contribution in [0.1, 0.15) is 33.7 Å². The minimum Gasteiger partial charge on any atom is -0.394 e. The molecule has 2 N–H and O–H groups in total. The molecule has 2 heterocycles. The third kappa shape index (κ3) is 4.05. The van der Waals surface area contributed by atoms with Crippen molar-refractivity contribution in [1.82, 2.24) is 19.5 Å². The molecule has 0 radical (unpaired) electrons. The van der Waals surface area contributed by atoms with Crippen LogP contribution in [-0.4, -0.2) is 44.3 Å². The lowest BCUT2D eigenvalue weighted by molar-refractivity contribution is 0.248. The van der Waals surface area contributed by atoms with Gasteiger partial charge in [-0.15, -0.1) is 0 Å². The van der Waals surface area contributed by atoms with E-state index in [1.54, 1.807) is 6.33 Å². The van der Waals surface area contributed by atoms with Gasteiger partial charge in [-0.05, 0) is 38.0 Å². The van der Waals surface area contributed by atoms with E-state index in [9.17, 15) is 5.11 Å². The first-order chi connectivity index (χ1) is 13.3. The van der Waals surface area contributed by atoms with Crippen LogP contribution in [0.2, 0.25) is 5.02 Å². The standard InChI is InChI=1S/C20H27ClN6O/c1-12(2)16(10-28)23-20-24-18(26(5)15-8-6-7-14(21)9-15)17-19(25-20)27(11-22-17)13(3)4/h6-9,11-13,16,28H,10H2,1-5H3,(H,23,24,25). The summed E-state index contributed by atoms with van der Waals surface area (Å²) in [6.07, 6.45) is 1.79. The van der Waals surface area contributed by atoms with Crippen molar-refractivity contribution in [2.24, 2.45) is 5.92 Å². The van der Waals surface area contributed by atoms with Gasteiger partial charge in [0.05, 0.1) is 19.0 Å². The zero-order valence-electron chi connectivity index (χ0n) is 16.9. The van der Waals surface area contributed by atoms with Crippen molar-refractivity contribution in [3.63, 3.8) is 0 Å². The van der Waals surface area contributed by atoms with Crippen molar-refractivity contribution < 1.29 is 5.11 Å². The molecule has 3 rings (SSSR count). The fraction of sp³-hybridized carbons (Fsp3) is 0.450. The van der Waals surface area contributed by atoms with E-state index in [2.05, 4.69) is 24.1 Å². The second kappa shape index (κ2) is 8.32. The smallest absolute Gasteiger partial charge is 0.227 e. The van der Waals surface area contributed by atoms with Gasteiger partial charge < -0.3 is 19.9 Å². The first kappa shape index (κ1) is 20.4. The summed E-state index contributed by atoms with van der Waals surface area (Å²) in [6.45, 7) is 8.26. The predicted molar refractivity (Wildman–Crippen MR) is 115 cm³/mol. The number of nitrogens with one attached hydrogen (secondary N) is 1. The Morgan fingerprint density at radius 2 is 1.96 bits per heavy atom. The molecule has 3 aromatic rings. The minimum absolute atomic E-state index is 0.00196. The van der Waals surface area contributed by atoms with Gasteiger partial charge in [-0.3, -0.25) is 0 Å². The van der Waals surface area contributed by atoms with Gasteiger partial charge in [0, 0.05) is 23.8 Å². The quantitative estimate of drug-likeness (QED) is 0.614. The molecule has 1 atom stereocenters. The SMILES string of the molecule is CC(C)C(CO)Nc1nc(N(C)c2cccc(Cl)c2)c2ncn(C(C)C)c2n1. The first-order valence-electron chi connectivity index (χ1n) is 9.43. The van der Waals surface area contributed by atoms with Crippen LogP contribution in [0, 0.1) is 5.92 Å². The molecule has 1 aromatic carbocycles. The van der Waals surface area contributed by atoms with E-state index in [0.717, 1.165) is 11.3 Å². The Hall–Kier alpha value is -2.38. The highest BCUT2D eigenvalue weighted by Crippen LogP contribution is 2.31. The summed E-state index contributed by atoms with van der Waals surface area (Å²) in [7, 11) is 1.93. The van der Waals surface area contributed by atoms with Gasteiger partial charge in [-0.25, -0.2) is 4.98 Å². The van der Waals surface area contributed by atoms with E-state index < -0.39 is 0 Å². The van der Waals surface area contributed by atoms with Gasteiger partial charge in [0.15, 0.2) is 17.0 Å². The van der Waals surface area contributed by atoms with Gasteiger partial charge >= 0.3 is 0 Å². The van der Waals surface area contributed by atoms with E-state index in [0.29, 0.717) is 22.3 Å². The summed E-state index contributed by atoms with van der Waals surface area (Å²) in [6, 6.07) is 7.65. The van der Waals surface area contributed by atoms with Crippen molar-refractivity contribution in [3.05, 3.63) is 35.6 Å². The molecule has 0 saturated heterocycles. The van der Waals surface area contributed by atoms with Crippen LogP contribution >= 0.6 is 11.6 Å².